The molecule has 0 aliphatic carbocycles. The highest BCUT2D eigenvalue weighted by Gasteiger charge is 2.27. The third kappa shape index (κ3) is 7.05. The second kappa shape index (κ2) is 12.2. The number of ketones is 1. The standard InChI is InChI=1S/C26H29Cl2N3O4/c1-18(13-23(33)7-8-29(2)26(35)24-6-4-3-5-19(24)17-32)25(34)31-11-9-30(10-12-31)22-15-20(27)14-21(28)16-22/h3-6,14-18H,7-13H2,1-2H3. The van der Waals surface area contributed by atoms with Crippen molar-refractivity contribution < 1.29 is 19.2 Å². The first kappa shape index (κ1) is 26.7. The highest BCUT2D eigenvalue weighted by molar-refractivity contribution is 6.35. The van der Waals surface area contributed by atoms with Crippen molar-refractivity contribution in [3.05, 3.63) is 63.6 Å². The zero-order chi connectivity index (χ0) is 25.5. The first-order valence-electron chi connectivity index (χ1n) is 11.5. The van der Waals surface area contributed by atoms with E-state index >= 15 is 0 Å². The van der Waals surface area contributed by atoms with E-state index in [-0.39, 0.29) is 37.0 Å². The van der Waals surface area contributed by atoms with Gasteiger partial charge in [0, 0.05) is 79.8 Å². The van der Waals surface area contributed by atoms with Gasteiger partial charge >= 0.3 is 0 Å². The molecule has 0 N–H and O–H groups in total. The van der Waals surface area contributed by atoms with Crippen LogP contribution in [0.3, 0.4) is 0 Å². The molecule has 0 bridgehead atoms. The Morgan fingerprint density at radius 1 is 1.03 bits per heavy atom. The predicted octanol–water partition coefficient (Wildman–Crippen LogP) is 4.21. The molecule has 1 atom stereocenters. The van der Waals surface area contributed by atoms with Crippen molar-refractivity contribution in [3.63, 3.8) is 0 Å². The monoisotopic (exact) mass is 517 g/mol. The van der Waals surface area contributed by atoms with Gasteiger partial charge in [-0.25, -0.2) is 0 Å². The minimum absolute atomic E-state index is 0.0496. The number of carbonyl (C=O) groups is 4. The third-order valence-electron chi connectivity index (χ3n) is 6.15. The Balaban J connectivity index is 1.46. The van der Waals surface area contributed by atoms with E-state index in [1.165, 1.54) is 4.90 Å². The predicted molar refractivity (Wildman–Crippen MR) is 137 cm³/mol. The van der Waals surface area contributed by atoms with E-state index in [9.17, 15) is 19.2 Å². The van der Waals surface area contributed by atoms with Crippen LogP contribution < -0.4 is 4.90 Å². The number of piperazine rings is 1. The van der Waals surface area contributed by atoms with Crippen LogP contribution in [0.4, 0.5) is 5.69 Å². The van der Waals surface area contributed by atoms with Crippen molar-refractivity contribution in [1.82, 2.24) is 9.80 Å². The molecule has 1 aliphatic heterocycles. The molecule has 1 unspecified atom stereocenters. The van der Waals surface area contributed by atoms with E-state index in [0.717, 1.165) is 5.69 Å². The van der Waals surface area contributed by atoms with Gasteiger partial charge in [0.1, 0.15) is 5.78 Å². The zero-order valence-electron chi connectivity index (χ0n) is 19.9. The van der Waals surface area contributed by atoms with E-state index in [1.54, 1.807) is 49.2 Å². The van der Waals surface area contributed by atoms with Gasteiger partial charge in [-0.3, -0.25) is 19.2 Å². The fraction of sp³-hybridized carbons (Fsp3) is 0.385. The highest BCUT2D eigenvalue weighted by atomic mass is 35.5. The second-order valence-corrected chi connectivity index (χ2v) is 9.64. The first-order valence-corrected chi connectivity index (χ1v) is 12.3. The maximum atomic E-state index is 12.9. The first-order chi connectivity index (χ1) is 16.7. The minimum Gasteiger partial charge on any atom is -0.368 e. The van der Waals surface area contributed by atoms with Gasteiger partial charge in [-0.15, -0.1) is 0 Å². The van der Waals surface area contributed by atoms with Gasteiger partial charge in [0.05, 0.1) is 5.56 Å². The van der Waals surface area contributed by atoms with Gasteiger partial charge in [-0.05, 0) is 24.3 Å². The van der Waals surface area contributed by atoms with Crippen LogP contribution in [0.1, 0.15) is 40.5 Å². The Hall–Kier alpha value is -2.90. The molecule has 1 aliphatic rings. The Morgan fingerprint density at radius 3 is 2.29 bits per heavy atom. The zero-order valence-corrected chi connectivity index (χ0v) is 21.4. The molecule has 1 fully saturated rings. The van der Waals surface area contributed by atoms with Crippen molar-refractivity contribution >= 4 is 52.8 Å². The van der Waals surface area contributed by atoms with Crippen LogP contribution in [0.25, 0.3) is 0 Å². The molecule has 186 valence electrons. The number of carbonyl (C=O) groups excluding carboxylic acids is 4. The molecule has 3 rings (SSSR count). The van der Waals surface area contributed by atoms with Gasteiger partial charge < -0.3 is 14.7 Å². The van der Waals surface area contributed by atoms with E-state index in [1.807, 2.05) is 12.1 Å². The number of anilines is 1. The van der Waals surface area contributed by atoms with Gasteiger partial charge in [0.2, 0.25) is 5.91 Å². The molecule has 2 amide bonds. The van der Waals surface area contributed by atoms with Crippen LogP contribution in [-0.2, 0) is 9.59 Å². The topological polar surface area (TPSA) is 78.0 Å². The number of amides is 2. The summed E-state index contributed by atoms with van der Waals surface area (Å²) in [4.78, 5) is 54.6. The lowest BCUT2D eigenvalue weighted by Gasteiger charge is -2.37. The average molecular weight is 518 g/mol. The van der Waals surface area contributed by atoms with Crippen molar-refractivity contribution in [1.29, 1.82) is 0 Å². The Kier molecular flexibility index (Phi) is 9.29. The maximum absolute atomic E-state index is 12.9. The van der Waals surface area contributed by atoms with Gasteiger partial charge in [-0.1, -0.05) is 48.3 Å². The molecule has 1 saturated heterocycles. The lowest BCUT2D eigenvalue weighted by molar-refractivity contribution is -0.137. The summed E-state index contributed by atoms with van der Waals surface area (Å²) in [5.74, 6) is -0.886. The molecule has 7 nitrogen and oxygen atoms in total. The van der Waals surface area contributed by atoms with E-state index < -0.39 is 5.92 Å². The average Bonchev–Trinajstić information content (AvgIpc) is 2.85. The van der Waals surface area contributed by atoms with Crippen LogP contribution in [0, 0.1) is 5.92 Å². The van der Waals surface area contributed by atoms with Crippen molar-refractivity contribution in [2.24, 2.45) is 5.92 Å². The molecule has 0 radical (unpaired) electrons. The summed E-state index contributed by atoms with van der Waals surface area (Å²) in [5.41, 5.74) is 1.54. The summed E-state index contributed by atoms with van der Waals surface area (Å²) in [6, 6.07) is 11.9. The second-order valence-electron chi connectivity index (χ2n) is 8.77. The number of hydrogen-bond donors (Lipinski definition) is 0. The van der Waals surface area contributed by atoms with Crippen molar-refractivity contribution in [2.75, 3.05) is 44.7 Å². The van der Waals surface area contributed by atoms with E-state index in [0.29, 0.717) is 53.6 Å². The Bertz CT molecular complexity index is 1080. The highest BCUT2D eigenvalue weighted by Crippen LogP contribution is 2.26. The molecular weight excluding hydrogens is 489 g/mol. The SMILES string of the molecule is CC(CC(=O)CCN(C)C(=O)c1ccccc1C=O)C(=O)N1CCN(c2cc(Cl)cc(Cl)c2)CC1. The molecule has 2 aromatic rings. The third-order valence-corrected chi connectivity index (χ3v) is 6.59. The molecule has 35 heavy (non-hydrogen) atoms. The van der Waals surface area contributed by atoms with Gasteiger partial charge in [0.15, 0.2) is 6.29 Å². The largest absolute Gasteiger partial charge is 0.368 e. The smallest absolute Gasteiger partial charge is 0.254 e. The Morgan fingerprint density at radius 2 is 1.66 bits per heavy atom. The Labute approximate surface area is 215 Å². The summed E-state index contributed by atoms with van der Waals surface area (Å²) in [6.45, 7) is 4.38. The molecule has 1 heterocycles. The normalized spacial score (nSPS) is 14.4. The number of aldehydes is 1. The fourth-order valence-electron chi connectivity index (χ4n) is 4.14. The molecule has 0 aromatic heterocycles. The number of hydrogen-bond acceptors (Lipinski definition) is 5. The summed E-state index contributed by atoms with van der Waals surface area (Å²) in [6.07, 6.45) is 0.909. The van der Waals surface area contributed by atoms with Crippen LogP contribution >= 0.6 is 23.2 Å². The van der Waals surface area contributed by atoms with E-state index in [2.05, 4.69) is 4.90 Å². The van der Waals surface area contributed by atoms with Crippen LogP contribution in [0.15, 0.2) is 42.5 Å². The van der Waals surface area contributed by atoms with E-state index in [4.69, 9.17) is 23.2 Å². The number of halogens is 2. The molecule has 2 aromatic carbocycles. The number of rotatable bonds is 9. The molecule has 0 saturated carbocycles. The van der Waals surface area contributed by atoms with Crippen molar-refractivity contribution in [2.45, 2.75) is 19.8 Å². The number of nitrogens with zero attached hydrogens (tertiary/aromatic N) is 3. The summed E-state index contributed by atoms with van der Waals surface area (Å²) >= 11 is 12.2. The van der Waals surface area contributed by atoms with Crippen LogP contribution in [0.5, 0.6) is 0 Å². The van der Waals surface area contributed by atoms with Crippen LogP contribution in [-0.4, -0.2) is 73.5 Å². The number of Topliss-reactive ketones (excluding diaryl/α,β-unsaturated/α-hetero) is 1. The van der Waals surface area contributed by atoms with Crippen molar-refractivity contribution in [3.8, 4) is 0 Å². The lowest BCUT2D eigenvalue weighted by atomic mass is 10.0. The summed E-state index contributed by atoms with van der Waals surface area (Å²) in [7, 11) is 1.60. The maximum Gasteiger partial charge on any atom is 0.254 e. The summed E-state index contributed by atoms with van der Waals surface area (Å²) < 4.78 is 0. The quantitative estimate of drug-likeness (QED) is 0.465. The molecule has 0 spiro atoms. The summed E-state index contributed by atoms with van der Waals surface area (Å²) in [5, 5.41) is 1.14. The molecular formula is C26H29Cl2N3O4. The van der Waals surface area contributed by atoms with Crippen LogP contribution in [0.2, 0.25) is 10.0 Å². The van der Waals surface area contributed by atoms with Gasteiger partial charge in [0.25, 0.3) is 5.91 Å². The fourth-order valence-corrected chi connectivity index (χ4v) is 4.66. The molecule has 9 heteroatoms. The number of benzene rings is 2. The minimum atomic E-state index is -0.438. The van der Waals surface area contributed by atoms with Gasteiger partial charge in [-0.2, -0.15) is 0 Å². The lowest BCUT2D eigenvalue weighted by Crippen LogP contribution is -2.50.